The summed E-state index contributed by atoms with van der Waals surface area (Å²) in [7, 11) is 0. The van der Waals surface area contributed by atoms with Crippen LogP contribution < -0.4 is 4.90 Å². The van der Waals surface area contributed by atoms with E-state index in [-0.39, 0.29) is 0 Å². The Morgan fingerprint density at radius 3 is 2.04 bits per heavy atom. The molecule has 5 nitrogen and oxygen atoms in total. The number of hydrogen-bond donors (Lipinski definition) is 0. The minimum absolute atomic E-state index is 0.420. The molecule has 6 heteroatoms. The molecule has 1 saturated heterocycles. The maximum Gasteiger partial charge on any atom is 0.151 e. The van der Waals surface area contributed by atoms with Gasteiger partial charge in [-0.2, -0.15) is 0 Å². The number of rotatable bonds is 3. The van der Waals surface area contributed by atoms with E-state index in [2.05, 4.69) is 14.9 Å². The molecule has 4 rings (SSSR count). The van der Waals surface area contributed by atoms with Crippen LogP contribution in [-0.4, -0.2) is 35.6 Å². The number of pyridine rings is 2. The van der Waals surface area contributed by atoms with Crippen molar-refractivity contribution in [1.29, 1.82) is 0 Å². The minimum atomic E-state index is 0.420. The second-order valence-electron chi connectivity index (χ2n) is 6.55. The number of aromatic nitrogens is 2. The quantitative estimate of drug-likeness (QED) is 0.621. The van der Waals surface area contributed by atoms with E-state index in [1.54, 1.807) is 19.1 Å². The van der Waals surface area contributed by atoms with E-state index in [0.717, 1.165) is 49.0 Å². The maximum atomic E-state index is 10.7. The molecule has 0 radical (unpaired) electrons. The molecule has 0 N–H and O–H groups in total. The summed E-state index contributed by atoms with van der Waals surface area (Å²) >= 11 is 5.55. The highest BCUT2D eigenvalue weighted by atomic mass is 35.5. The topological polar surface area (TPSA) is 63.2 Å². The Balaban J connectivity index is 0.000000160. The second kappa shape index (κ2) is 7.31. The van der Waals surface area contributed by atoms with Crippen LogP contribution in [0.3, 0.4) is 0 Å². The molecule has 2 atom stereocenters. The molecule has 2 fully saturated rings. The van der Waals surface area contributed by atoms with Crippen molar-refractivity contribution in [1.82, 2.24) is 9.97 Å². The molecule has 3 heterocycles. The monoisotopic (exact) mass is 357 g/mol. The number of nitrogens with zero attached hydrogens (tertiary/aromatic N) is 3. The van der Waals surface area contributed by atoms with Gasteiger partial charge in [0, 0.05) is 29.9 Å². The molecule has 0 amide bonds. The number of halogens is 1. The van der Waals surface area contributed by atoms with Crippen molar-refractivity contribution in [2.75, 3.05) is 18.0 Å². The summed E-state index contributed by atoms with van der Waals surface area (Å²) in [6, 6.07) is 7.08. The van der Waals surface area contributed by atoms with Crippen LogP contribution in [-0.2, 0) is 0 Å². The molecule has 1 aliphatic carbocycles. The smallest absolute Gasteiger partial charge is 0.151 e. The highest BCUT2D eigenvalue weighted by molar-refractivity contribution is 6.29. The van der Waals surface area contributed by atoms with E-state index in [4.69, 9.17) is 11.6 Å². The van der Waals surface area contributed by atoms with Crippen molar-refractivity contribution in [3.63, 3.8) is 0 Å². The van der Waals surface area contributed by atoms with Crippen molar-refractivity contribution >= 4 is 30.0 Å². The summed E-state index contributed by atoms with van der Waals surface area (Å²) in [4.78, 5) is 31.6. The van der Waals surface area contributed by atoms with Gasteiger partial charge in [-0.1, -0.05) is 11.6 Å². The van der Waals surface area contributed by atoms with E-state index in [9.17, 15) is 9.59 Å². The zero-order chi connectivity index (χ0) is 18.0. The molecule has 0 bridgehead atoms. The van der Waals surface area contributed by atoms with Gasteiger partial charge in [-0.3, -0.25) is 9.59 Å². The zero-order valence-corrected chi connectivity index (χ0v) is 15.0. The van der Waals surface area contributed by atoms with E-state index in [0.29, 0.717) is 22.0 Å². The number of anilines is 1. The van der Waals surface area contributed by atoms with E-state index >= 15 is 0 Å². The molecule has 1 aliphatic heterocycles. The summed E-state index contributed by atoms with van der Waals surface area (Å²) in [6.45, 7) is 5.94. The summed E-state index contributed by atoms with van der Waals surface area (Å²) in [6.07, 6.45) is 3.04. The molecule has 0 spiro atoms. The van der Waals surface area contributed by atoms with Crippen LogP contribution in [0.1, 0.15) is 38.5 Å². The third-order valence-corrected chi connectivity index (χ3v) is 4.97. The van der Waals surface area contributed by atoms with Crippen molar-refractivity contribution < 1.29 is 9.59 Å². The Labute approximate surface area is 152 Å². The molecule has 25 heavy (non-hydrogen) atoms. The summed E-state index contributed by atoms with van der Waals surface area (Å²) < 4.78 is 0. The van der Waals surface area contributed by atoms with Gasteiger partial charge in [-0.15, -0.1) is 0 Å². The van der Waals surface area contributed by atoms with Crippen LogP contribution in [0, 0.1) is 25.7 Å². The lowest BCUT2D eigenvalue weighted by Gasteiger charge is -2.19. The lowest BCUT2D eigenvalue weighted by atomic mass is 10.2. The van der Waals surface area contributed by atoms with E-state index in [1.807, 2.05) is 19.1 Å². The average Bonchev–Trinajstić information content (AvgIpc) is 3.21. The number of piperidine rings is 1. The standard InChI is InChI=1S/C12H14N2O.C7H6ClNO/c1-8-9(7-15)2-3-12(13-8)14-5-10-4-11(10)6-14;1-5-6(4-10)2-3-7(8)9-5/h2-3,7,10-11H,4-6H2,1H3;2-4H,1H3. The maximum absolute atomic E-state index is 10.7. The fraction of sp³-hybridized carbons (Fsp3) is 0.368. The Hall–Kier alpha value is -2.27. The van der Waals surface area contributed by atoms with Gasteiger partial charge < -0.3 is 4.90 Å². The van der Waals surface area contributed by atoms with Crippen LogP contribution in [0.15, 0.2) is 24.3 Å². The number of carbonyl (C=O) groups is 2. The fourth-order valence-corrected chi connectivity index (χ4v) is 3.30. The van der Waals surface area contributed by atoms with Crippen LogP contribution in [0.25, 0.3) is 0 Å². The third kappa shape index (κ3) is 4.04. The van der Waals surface area contributed by atoms with Crippen molar-refractivity contribution in [2.24, 2.45) is 11.8 Å². The van der Waals surface area contributed by atoms with Crippen molar-refractivity contribution in [3.05, 3.63) is 51.9 Å². The first-order chi connectivity index (χ1) is 12.0. The predicted molar refractivity (Wildman–Crippen MR) is 97.5 cm³/mol. The van der Waals surface area contributed by atoms with Gasteiger partial charge in [-0.05, 0) is 56.4 Å². The zero-order valence-electron chi connectivity index (χ0n) is 14.3. The van der Waals surface area contributed by atoms with Crippen LogP contribution in [0.5, 0.6) is 0 Å². The summed E-state index contributed by atoms with van der Waals surface area (Å²) in [5, 5.41) is 0.420. The SMILES string of the molecule is Cc1nc(Cl)ccc1C=O.Cc1nc(N2CC3CC3C2)ccc1C=O. The first-order valence-corrected chi connectivity index (χ1v) is 8.65. The van der Waals surface area contributed by atoms with Crippen LogP contribution >= 0.6 is 11.6 Å². The summed E-state index contributed by atoms with van der Waals surface area (Å²) in [5.74, 6) is 2.86. The van der Waals surface area contributed by atoms with Crippen molar-refractivity contribution in [2.45, 2.75) is 20.3 Å². The van der Waals surface area contributed by atoms with E-state index < -0.39 is 0 Å². The number of carbonyl (C=O) groups excluding carboxylic acids is 2. The number of aldehydes is 2. The molecule has 1 saturated carbocycles. The molecule has 2 aromatic heterocycles. The van der Waals surface area contributed by atoms with Crippen LogP contribution in [0.4, 0.5) is 5.82 Å². The Morgan fingerprint density at radius 2 is 1.52 bits per heavy atom. The van der Waals surface area contributed by atoms with Gasteiger partial charge in [0.2, 0.25) is 0 Å². The van der Waals surface area contributed by atoms with Gasteiger partial charge in [0.15, 0.2) is 12.6 Å². The highest BCUT2D eigenvalue weighted by Crippen LogP contribution is 2.45. The molecule has 2 aromatic rings. The van der Waals surface area contributed by atoms with Gasteiger partial charge in [0.1, 0.15) is 11.0 Å². The average molecular weight is 358 g/mol. The van der Waals surface area contributed by atoms with Gasteiger partial charge in [-0.25, -0.2) is 9.97 Å². The Morgan fingerprint density at radius 1 is 0.960 bits per heavy atom. The van der Waals surface area contributed by atoms with Gasteiger partial charge >= 0.3 is 0 Å². The molecule has 2 aliphatic rings. The second-order valence-corrected chi connectivity index (χ2v) is 6.94. The summed E-state index contributed by atoms with van der Waals surface area (Å²) in [5.41, 5.74) is 2.79. The lowest BCUT2D eigenvalue weighted by molar-refractivity contribution is 0.111. The minimum Gasteiger partial charge on any atom is -0.356 e. The molecule has 130 valence electrons. The first kappa shape index (κ1) is 17.5. The Kier molecular flexibility index (Phi) is 5.13. The fourth-order valence-electron chi connectivity index (χ4n) is 3.11. The molecular formula is C19H20ClN3O2. The molecule has 2 unspecified atom stereocenters. The van der Waals surface area contributed by atoms with Gasteiger partial charge in [0.25, 0.3) is 0 Å². The number of fused-ring (bicyclic) bond motifs is 1. The molecular weight excluding hydrogens is 338 g/mol. The molecule has 0 aromatic carbocycles. The largest absolute Gasteiger partial charge is 0.356 e. The number of aryl methyl sites for hydroxylation is 2. The number of hydrogen-bond acceptors (Lipinski definition) is 5. The van der Waals surface area contributed by atoms with Gasteiger partial charge in [0.05, 0.1) is 5.69 Å². The van der Waals surface area contributed by atoms with Crippen molar-refractivity contribution in [3.8, 4) is 0 Å². The normalized spacial score (nSPS) is 20.4. The third-order valence-electron chi connectivity index (χ3n) is 4.76. The lowest BCUT2D eigenvalue weighted by Crippen LogP contribution is -2.23. The van der Waals surface area contributed by atoms with Crippen LogP contribution in [0.2, 0.25) is 5.15 Å². The predicted octanol–water partition coefficient (Wildman–Crippen LogP) is 3.51. The first-order valence-electron chi connectivity index (χ1n) is 8.28. The highest BCUT2D eigenvalue weighted by Gasteiger charge is 2.45. The van der Waals surface area contributed by atoms with E-state index in [1.165, 1.54) is 6.42 Å². The Bertz CT molecular complexity index is 799.